The van der Waals surface area contributed by atoms with Crippen molar-refractivity contribution in [3.8, 4) is 0 Å². The van der Waals surface area contributed by atoms with E-state index in [1.54, 1.807) is 0 Å². The summed E-state index contributed by atoms with van der Waals surface area (Å²) < 4.78 is 8.58. The van der Waals surface area contributed by atoms with Gasteiger partial charge in [0.2, 0.25) is 3.79 Å². The lowest BCUT2D eigenvalue weighted by Gasteiger charge is -2.36. The van der Waals surface area contributed by atoms with Gasteiger partial charge in [0.1, 0.15) is 6.54 Å². The van der Waals surface area contributed by atoms with Crippen LogP contribution >= 0.6 is 34.8 Å². The van der Waals surface area contributed by atoms with Crippen LogP contribution in [0, 0.1) is 5.41 Å². The quantitative estimate of drug-likeness (QED) is 0.538. The molecule has 1 saturated heterocycles. The molecule has 1 aliphatic rings. The summed E-state index contributed by atoms with van der Waals surface area (Å²) in [5, 5.41) is 0. The van der Waals surface area contributed by atoms with Gasteiger partial charge in [-0.2, -0.15) is 0 Å². The highest BCUT2D eigenvalue weighted by atomic mass is 35.6. The summed E-state index contributed by atoms with van der Waals surface area (Å²) in [7, 11) is 0. The predicted octanol–water partition coefficient (Wildman–Crippen LogP) is 3.50. The molecular weight excluding hydrogens is 328 g/mol. The molecule has 0 bridgehead atoms. The van der Waals surface area contributed by atoms with Gasteiger partial charge in [-0.1, -0.05) is 55.6 Å². The highest BCUT2D eigenvalue weighted by molar-refractivity contribution is 6.68. The molecule has 5 nitrogen and oxygen atoms in total. The van der Waals surface area contributed by atoms with Crippen molar-refractivity contribution in [1.29, 1.82) is 0 Å². The first-order chi connectivity index (χ1) is 8.75. The fourth-order valence-corrected chi connectivity index (χ4v) is 1.70. The molecule has 0 radical (unpaired) electrons. The summed E-state index contributed by atoms with van der Waals surface area (Å²) >= 11 is 17.3. The summed E-state index contributed by atoms with van der Waals surface area (Å²) in [6, 6.07) is 0. The van der Waals surface area contributed by atoms with E-state index in [0.717, 1.165) is 0 Å². The Morgan fingerprint density at radius 2 is 1.75 bits per heavy atom. The fourth-order valence-electron chi connectivity index (χ4n) is 1.59. The zero-order valence-corrected chi connectivity index (χ0v) is 14.3. The van der Waals surface area contributed by atoms with Crippen LogP contribution in [0.1, 0.15) is 34.6 Å². The Kier molecular flexibility index (Phi) is 4.79. The molecule has 1 unspecified atom stereocenters. The minimum Gasteiger partial charge on any atom is -0.439 e. The molecule has 20 heavy (non-hydrogen) atoms. The maximum absolute atomic E-state index is 12.2. The Balaban J connectivity index is 2.89. The number of carbonyl (C=O) groups excluding carboxylic acids is 2. The molecule has 1 rings (SSSR count). The number of hydrogen-bond acceptors (Lipinski definition) is 4. The number of amides is 1. The van der Waals surface area contributed by atoms with Crippen molar-refractivity contribution in [2.45, 2.75) is 50.2 Å². The molecule has 8 heteroatoms. The van der Waals surface area contributed by atoms with E-state index >= 15 is 0 Å². The van der Waals surface area contributed by atoms with Crippen molar-refractivity contribution in [1.82, 2.24) is 4.90 Å². The van der Waals surface area contributed by atoms with E-state index in [0.29, 0.717) is 0 Å². The molecule has 0 spiro atoms. The average Bonchev–Trinajstić information content (AvgIpc) is 2.57. The molecule has 0 aliphatic carbocycles. The molecule has 1 aliphatic heterocycles. The summed E-state index contributed by atoms with van der Waals surface area (Å²) in [5.74, 6) is -0.492. The Bertz CT molecular complexity index is 412. The van der Waals surface area contributed by atoms with E-state index < -0.39 is 33.1 Å². The second-order valence-corrected chi connectivity index (χ2v) is 8.49. The van der Waals surface area contributed by atoms with Gasteiger partial charge in [-0.25, -0.2) is 4.79 Å². The maximum atomic E-state index is 12.2. The Hall–Kier alpha value is -0.390. The molecule has 1 fully saturated rings. The van der Waals surface area contributed by atoms with Crippen LogP contribution < -0.4 is 0 Å². The SMILES string of the molecule is CC(C)(C)C1OC(=O)CN1C(=O)OC(C)(C)C(Cl)(Cl)Cl. The minimum atomic E-state index is -1.79. The highest BCUT2D eigenvalue weighted by Gasteiger charge is 2.49. The van der Waals surface area contributed by atoms with Gasteiger partial charge < -0.3 is 9.47 Å². The Labute approximate surface area is 133 Å². The molecule has 0 aromatic rings. The molecule has 0 saturated carbocycles. The Morgan fingerprint density at radius 1 is 1.25 bits per heavy atom. The van der Waals surface area contributed by atoms with Crippen LogP contribution in [0.3, 0.4) is 0 Å². The number of halogens is 3. The number of nitrogens with zero attached hydrogens (tertiary/aromatic N) is 1. The van der Waals surface area contributed by atoms with Crippen molar-refractivity contribution in [3.63, 3.8) is 0 Å². The van der Waals surface area contributed by atoms with E-state index in [2.05, 4.69) is 0 Å². The maximum Gasteiger partial charge on any atom is 0.413 e. The topological polar surface area (TPSA) is 55.8 Å². The number of rotatable bonds is 1. The lowest BCUT2D eigenvalue weighted by Crippen LogP contribution is -2.49. The summed E-state index contributed by atoms with van der Waals surface area (Å²) in [6.07, 6.45) is -1.47. The lowest BCUT2D eigenvalue weighted by atomic mass is 9.94. The first-order valence-electron chi connectivity index (χ1n) is 6.01. The predicted molar refractivity (Wildman–Crippen MR) is 76.9 cm³/mol. The smallest absolute Gasteiger partial charge is 0.413 e. The number of ether oxygens (including phenoxy) is 2. The normalized spacial score (nSPS) is 20.9. The van der Waals surface area contributed by atoms with Gasteiger partial charge >= 0.3 is 12.1 Å². The molecule has 1 atom stereocenters. The van der Waals surface area contributed by atoms with Crippen LogP contribution in [0.5, 0.6) is 0 Å². The van der Waals surface area contributed by atoms with Gasteiger partial charge in [0.05, 0.1) is 0 Å². The summed E-state index contributed by atoms with van der Waals surface area (Å²) in [6.45, 7) is 8.30. The van der Waals surface area contributed by atoms with Crippen molar-refractivity contribution >= 4 is 46.9 Å². The van der Waals surface area contributed by atoms with Gasteiger partial charge in [0, 0.05) is 5.41 Å². The highest BCUT2D eigenvalue weighted by Crippen LogP contribution is 2.41. The van der Waals surface area contributed by atoms with Crippen LogP contribution in [0.4, 0.5) is 4.79 Å². The largest absolute Gasteiger partial charge is 0.439 e. The first kappa shape index (κ1) is 17.7. The number of esters is 1. The van der Waals surface area contributed by atoms with Gasteiger partial charge in [0.15, 0.2) is 11.8 Å². The molecule has 116 valence electrons. The van der Waals surface area contributed by atoms with E-state index in [9.17, 15) is 9.59 Å². The van der Waals surface area contributed by atoms with Crippen LogP contribution in [-0.2, 0) is 14.3 Å². The van der Waals surface area contributed by atoms with Crippen LogP contribution in [0.25, 0.3) is 0 Å². The number of alkyl halides is 3. The molecule has 0 aromatic heterocycles. The molecule has 1 amide bonds. The minimum absolute atomic E-state index is 0.184. The van der Waals surface area contributed by atoms with Gasteiger partial charge in [-0.3, -0.25) is 9.69 Å². The zero-order valence-electron chi connectivity index (χ0n) is 12.0. The Morgan fingerprint density at radius 3 is 2.15 bits per heavy atom. The number of carbonyl (C=O) groups is 2. The summed E-state index contributed by atoms with van der Waals surface area (Å²) in [5.41, 5.74) is -1.79. The number of cyclic esters (lactones) is 1. The average molecular weight is 347 g/mol. The van der Waals surface area contributed by atoms with Crippen molar-refractivity contribution < 1.29 is 19.1 Å². The van der Waals surface area contributed by atoms with E-state index in [-0.39, 0.29) is 6.54 Å². The van der Waals surface area contributed by atoms with Crippen molar-refractivity contribution in [2.75, 3.05) is 6.54 Å². The third-order valence-electron chi connectivity index (χ3n) is 2.83. The van der Waals surface area contributed by atoms with Crippen molar-refractivity contribution in [3.05, 3.63) is 0 Å². The monoisotopic (exact) mass is 345 g/mol. The number of hydrogen-bond donors (Lipinski definition) is 0. The van der Waals surface area contributed by atoms with Crippen LogP contribution in [0.15, 0.2) is 0 Å². The molecular formula is C12H18Cl3NO4. The van der Waals surface area contributed by atoms with Crippen LogP contribution in [0.2, 0.25) is 0 Å². The second kappa shape index (κ2) is 5.43. The van der Waals surface area contributed by atoms with E-state index in [1.807, 2.05) is 20.8 Å². The van der Waals surface area contributed by atoms with Gasteiger partial charge in [-0.15, -0.1) is 0 Å². The fraction of sp³-hybridized carbons (Fsp3) is 0.833. The lowest BCUT2D eigenvalue weighted by molar-refractivity contribution is -0.146. The van der Waals surface area contributed by atoms with Gasteiger partial charge in [-0.05, 0) is 13.8 Å². The first-order valence-corrected chi connectivity index (χ1v) is 7.15. The third-order valence-corrected chi connectivity index (χ3v) is 4.19. The second-order valence-electron chi connectivity index (χ2n) is 6.21. The molecule has 0 N–H and O–H groups in total. The third kappa shape index (κ3) is 3.83. The zero-order chi connectivity index (χ0) is 15.9. The van der Waals surface area contributed by atoms with Crippen molar-refractivity contribution in [2.24, 2.45) is 5.41 Å². The van der Waals surface area contributed by atoms with E-state index in [4.69, 9.17) is 44.3 Å². The van der Waals surface area contributed by atoms with E-state index in [1.165, 1.54) is 18.7 Å². The molecule has 1 heterocycles. The van der Waals surface area contributed by atoms with Crippen LogP contribution in [-0.4, -0.2) is 39.1 Å². The summed E-state index contributed by atoms with van der Waals surface area (Å²) in [4.78, 5) is 24.8. The van der Waals surface area contributed by atoms with Gasteiger partial charge in [0.25, 0.3) is 0 Å². The molecule has 0 aromatic carbocycles. The standard InChI is InChI=1S/C12H18Cl3NO4/c1-10(2,3)8-16(6-7(17)19-8)9(18)20-11(4,5)12(13,14)15/h8H,6H2,1-5H3.